The average Bonchev–Trinajstić information content (AvgIpc) is 2.59. The fourth-order valence-corrected chi connectivity index (χ4v) is 1.43. The molecule has 1 heterocycles. The molecule has 0 saturated carbocycles. The summed E-state index contributed by atoms with van der Waals surface area (Å²) in [5, 5.41) is 23.8. The number of carboxylic acid groups (broad SMARTS) is 1. The van der Waals surface area contributed by atoms with Crippen molar-refractivity contribution >= 4 is 22.6 Å². The molecule has 0 unspecified atom stereocenters. The van der Waals surface area contributed by atoms with E-state index in [-0.39, 0.29) is 16.6 Å². The molecule has 0 aliphatic carbocycles. The van der Waals surface area contributed by atoms with Crippen LogP contribution < -0.4 is 5.56 Å². The molecule has 0 fully saturated rings. The van der Waals surface area contributed by atoms with Crippen molar-refractivity contribution in [1.82, 2.24) is 10.2 Å². The Morgan fingerprint density at radius 2 is 2.06 bits per heavy atom. The van der Waals surface area contributed by atoms with E-state index >= 15 is 0 Å². The molecule has 0 aliphatic heterocycles. The topological polar surface area (TPSA) is 129 Å². The number of aromatic nitrogens is 2. The fraction of sp³-hybridized carbons (Fsp3) is 0. The van der Waals surface area contributed by atoms with Gasteiger partial charge in [0.15, 0.2) is 0 Å². The highest BCUT2D eigenvalue weighted by atomic mass is 16.6. The molecule has 0 amide bonds. The quantitative estimate of drug-likeness (QED) is 0.503. The summed E-state index contributed by atoms with van der Waals surface area (Å²) in [5.74, 6) is -1.39. The SMILES string of the molecule is O=C(O)c1cc([N+](=O)[O-])cc2[nH][nH]c(=O)c12. The van der Waals surface area contributed by atoms with E-state index < -0.39 is 22.0 Å². The second-order valence-corrected chi connectivity index (χ2v) is 3.06. The number of nitrogens with one attached hydrogen (secondary N) is 2. The first-order valence-electron chi connectivity index (χ1n) is 4.13. The zero-order valence-corrected chi connectivity index (χ0v) is 7.68. The van der Waals surface area contributed by atoms with E-state index in [9.17, 15) is 19.7 Å². The van der Waals surface area contributed by atoms with Crippen molar-refractivity contribution in [2.45, 2.75) is 0 Å². The zero-order valence-electron chi connectivity index (χ0n) is 7.68. The van der Waals surface area contributed by atoms with Gasteiger partial charge in [0.2, 0.25) is 0 Å². The summed E-state index contributed by atoms with van der Waals surface area (Å²) in [5.41, 5.74) is -1.31. The molecule has 1 aromatic heterocycles. The molecular formula is C8H5N3O5. The molecule has 8 nitrogen and oxygen atoms in total. The Morgan fingerprint density at radius 3 is 2.62 bits per heavy atom. The number of hydrogen-bond donors (Lipinski definition) is 3. The molecule has 0 aliphatic rings. The maximum atomic E-state index is 11.3. The Labute approximate surface area is 86.6 Å². The monoisotopic (exact) mass is 223 g/mol. The van der Waals surface area contributed by atoms with E-state index in [0.717, 1.165) is 12.1 Å². The van der Waals surface area contributed by atoms with E-state index in [1.54, 1.807) is 0 Å². The number of rotatable bonds is 2. The molecule has 2 rings (SSSR count). The van der Waals surface area contributed by atoms with Crippen LogP contribution in [0.25, 0.3) is 10.9 Å². The largest absolute Gasteiger partial charge is 0.478 e. The lowest BCUT2D eigenvalue weighted by Crippen LogP contribution is -2.06. The Kier molecular flexibility index (Phi) is 1.97. The number of nitro benzene ring substituents is 1. The Hall–Kier alpha value is -2.64. The van der Waals surface area contributed by atoms with Crippen molar-refractivity contribution in [3.63, 3.8) is 0 Å². The Balaban J connectivity index is 2.92. The number of aromatic carboxylic acids is 1. The Bertz CT molecular complexity index is 653. The van der Waals surface area contributed by atoms with Crippen LogP contribution in [-0.4, -0.2) is 26.2 Å². The van der Waals surface area contributed by atoms with Gasteiger partial charge in [-0.25, -0.2) is 4.79 Å². The average molecular weight is 223 g/mol. The highest BCUT2D eigenvalue weighted by molar-refractivity contribution is 6.03. The molecule has 82 valence electrons. The van der Waals surface area contributed by atoms with Crippen LogP contribution in [0.4, 0.5) is 5.69 Å². The summed E-state index contributed by atoms with van der Waals surface area (Å²) in [6, 6.07) is 1.95. The second-order valence-electron chi connectivity index (χ2n) is 3.06. The highest BCUT2D eigenvalue weighted by Crippen LogP contribution is 2.21. The van der Waals surface area contributed by atoms with E-state index in [2.05, 4.69) is 10.2 Å². The molecule has 0 spiro atoms. The summed E-state index contributed by atoms with van der Waals surface area (Å²) in [7, 11) is 0. The number of fused-ring (bicyclic) bond motifs is 1. The minimum Gasteiger partial charge on any atom is -0.478 e. The van der Waals surface area contributed by atoms with Gasteiger partial charge in [-0.2, -0.15) is 0 Å². The standard InChI is InChI=1S/C8H5N3O5/c12-7-6-4(8(13)14)1-3(11(15)16)2-5(6)9-10-7/h1-2H,(H,13,14)(H2,9,10,12). The van der Waals surface area contributed by atoms with E-state index in [0.29, 0.717) is 0 Å². The van der Waals surface area contributed by atoms with Gasteiger partial charge in [-0.3, -0.25) is 25.1 Å². The lowest BCUT2D eigenvalue weighted by molar-refractivity contribution is -0.384. The molecule has 2 aromatic rings. The number of aromatic amines is 2. The molecule has 0 saturated heterocycles. The molecule has 16 heavy (non-hydrogen) atoms. The van der Waals surface area contributed by atoms with Crippen LogP contribution in [0.1, 0.15) is 10.4 Å². The summed E-state index contributed by atoms with van der Waals surface area (Å²) in [6.45, 7) is 0. The van der Waals surface area contributed by atoms with Gasteiger partial charge in [0.05, 0.1) is 21.4 Å². The summed E-state index contributed by atoms with van der Waals surface area (Å²) >= 11 is 0. The van der Waals surface area contributed by atoms with Gasteiger partial charge in [0.1, 0.15) is 0 Å². The minimum atomic E-state index is -1.39. The van der Waals surface area contributed by atoms with Crippen LogP contribution in [0.2, 0.25) is 0 Å². The number of benzene rings is 1. The summed E-state index contributed by atoms with van der Waals surface area (Å²) in [4.78, 5) is 31.9. The van der Waals surface area contributed by atoms with E-state index in [4.69, 9.17) is 5.11 Å². The lowest BCUT2D eigenvalue weighted by Gasteiger charge is -1.96. The van der Waals surface area contributed by atoms with Crippen molar-refractivity contribution in [3.8, 4) is 0 Å². The zero-order chi connectivity index (χ0) is 11.9. The van der Waals surface area contributed by atoms with E-state index in [1.165, 1.54) is 0 Å². The van der Waals surface area contributed by atoms with Crippen LogP contribution in [0, 0.1) is 10.1 Å². The fourth-order valence-electron chi connectivity index (χ4n) is 1.43. The van der Waals surface area contributed by atoms with Gasteiger partial charge >= 0.3 is 5.97 Å². The van der Waals surface area contributed by atoms with Gasteiger partial charge in [0, 0.05) is 12.1 Å². The molecule has 1 aromatic carbocycles. The smallest absolute Gasteiger partial charge is 0.336 e. The predicted molar refractivity (Wildman–Crippen MR) is 52.5 cm³/mol. The maximum Gasteiger partial charge on any atom is 0.336 e. The first kappa shape index (κ1) is 9.90. The van der Waals surface area contributed by atoms with Crippen molar-refractivity contribution in [1.29, 1.82) is 0 Å². The van der Waals surface area contributed by atoms with Crippen LogP contribution in [0.3, 0.4) is 0 Å². The van der Waals surface area contributed by atoms with E-state index in [1.807, 2.05) is 0 Å². The van der Waals surface area contributed by atoms with Crippen LogP contribution in [0.15, 0.2) is 16.9 Å². The normalized spacial score (nSPS) is 10.5. The van der Waals surface area contributed by atoms with Crippen molar-refractivity contribution in [2.24, 2.45) is 0 Å². The number of carboxylic acids is 1. The van der Waals surface area contributed by atoms with Crippen molar-refractivity contribution in [3.05, 3.63) is 38.2 Å². The second kappa shape index (κ2) is 3.19. The molecule has 8 heteroatoms. The molecule has 3 N–H and O–H groups in total. The number of nitro groups is 1. The lowest BCUT2D eigenvalue weighted by atomic mass is 10.1. The Morgan fingerprint density at radius 1 is 1.38 bits per heavy atom. The first-order valence-corrected chi connectivity index (χ1v) is 4.13. The summed E-state index contributed by atoms with van der Waals surface area (Å²) in [6.07, 6.45) is 0. The van der Waals surface area contributed by atoms with Gasteiger partial charge in [0.25, 0.3) is 11.2 Å². The molecule has 0 radical (unpaired) electrons. The molecule has 0 bridgehead atoms. The van der Waals surface area contributed by atoms with Gasteiger partial charge < -0.3 is 5.11 Å². The number of nitrogens with zero attached hydrogens (tertiary/aromatic N) is 1. The van der Waals surface area contributed by atoms with Crippen molar-refractivity contribution in [2.75, 3.05) is 0 Å². The third kappa shape index (κ3) is 1.32. The van der Waals surface area contributed by atoms with Crippen LogP contribution in [-0.2, 0) is 0 Å². The third-order valence-corrected chi connectivity index (χ3v) is 2.10. The first-order chi connectivity index (χ1) is 7.50. The van der Waals surface area contributed by atoms with Gasteiger partial charge in [-0.05, 0) is 0 Å². The van der Waals surface area contributed by atoms with Gasteiger partial charge in [-0.15, -0.1) is 0 Å². The van der Waals surface area contributed by atoms with Gasteiger partial charge in [-0.1, -0.05) is 0 Å². The minimum absolute atomic E-state index is 0.0941. The summed E-state index contributed by atoms with van der Waals surface area (Å²) < 4.78 is 0. The number of hydrogen-bond acceptors (Lipinski definition) is 4. The maximum absolute atomic E-state index is 11.3. The molecular weight excluding hydrogens is 218 g/mol. The number of non-ortho nitro benzene ring substituents is 1. The number of H-pyrrole nitrogens is 2. The third-order valence-electron chi connectivity index (χ3n) is 2.10. The van der Waals surface area contributed by atoms with Crippen molar-refractivity contribution < 1.29 is 14.8 Å². The highest BCUT2D eigenvalue weighted by Gasteiger charge is 2.19. The molecule has 0 atom stereocenters. The number of carbonyl (C=O) groups is 1. The predicted octanol–water partition coefficient (Wildman–Crippen LogP) is 0.463. The van der Waals surface area contributed by atoms with Crippen LogP contribution in [0.5, 0.6) is 0 Å². The van der Waals surface area contributed by atoms with Crippen LogP contribution >= 0.6 is 0 Å².